The first-order valence-electron chi connectivity index (χ1n) is 4.97. The van der Waals surface area contributed by atoms with Crippen LogP contribution in [0.4, 0.5) is 14.5 Å². The van der Waals surface area contributed by atoms with Crippen molar-refractivity contribution >= 4 is 11.6 Å². The van der Waals surface area contributed by atoms with Crippen molar-refractivity contribution < 1.29 is 18.7 Å². The van der Waals surface area contributed by atoms with Gasteiger partial charge in [0, 0.05) is 18.0 Å². The molecule has 0 fully saturated rings. The lowest BCUT2D eigenvalue weighted by Crippen LogP contribution is -2.12. The molecule has 4 nitrogen and oxygen atoms in total. The number of halogens is 2. The number of hydrogen-bond acceptors (Lipinski definition) is 3. The summed E-state index contributed by atoms with van der Waals surface area (Å²) in [5, 5.41) is 11.7. The zero-order valence-corrected chi connectivity index (χ0v) is 9.02. The lowest BCUT2D eigenvalue weighted by molar-refractivity contribution is 0.102. The Morgan fingerprint density at radius 1 is 1.22 bits per heavy atom. The number of carbonyl (C=O) groups is 1. The summed E-state index contributed by atoms with van der Waals surface area (Å²) < 4.78 is 25.6. The van der Waals surface area contributed by atoms with Crippen LogP contribution < -0.4 is 5.32 Å². The number of benzene rings is 1. The second-order valence-electron chi connectivity index (χ2n) is 3.48. The molecule has 2 N–H and O–H groups in total. The third-order valence-electron chi connectivity index (χ3n) is 2.22. The number of pyridine rings is 1. The molecule has 2 aromatic rings. The van der Waals surface area contributed by atoms with Gasteiger partial charge in [0.2, 0.25) is 0 Å². The highest BCUT2D eigenvalue weighted by molar-refractivity contribution is 6.05. The van der Waals surface area contributed by atoms with Crippen LogP contribution in [0, 0.1) is 11.6 Å². The molecule has 0 unspecified atom stereocenters. The second-order valence-corrected chi connectivity index (χ2v) is 3.48. The molecule has 2 rings (SSSR count). The van der Waals surface area contributed by atoms with Crippen molar-refractivity contribution in [2.24, 2.45) is 0 Å². The average molecular weight is 250 g/mol. The van der Waals surface area contributed by atoms with Crippen LogP contribution >= 0.6 is 0 Å². The molecule has 0 aliphatic carbocycles. The van der Waals surface area contributed by atoms with E-state index in [0.717, 1.165) is 18.3 Å². The van der Waals surface area contributed by atoms with Gasteiger partial charge in [-0.15, -0.1) is 0 Å². The van der Waals surface area contributed by atoms with E-state index < -0.39 is 17.5 Å². The average Bonchev–Trinajstić information content (AvgIpc) is 2.34. The minimum atomic E-state index is -1.06. The summed E-state index contributed by atoms with van der Waals surface area (Å²) in [6.45, 7) is 0. The van der Waals surface area contributed by atoms with Gasteiger partial charge in [-0.1, -0.05) is 0 Å². The summed E-state index contributed by atoms with van der Waals surface area (Å²) in [5.74, 6) is -3.00. The van der Waals surface area contributed by atoms with Crippen molar-refractivity contribution in [1.29, 1.82) is 0 Å². The van der Waals surface area contributed by atoms with Crippen molar-refractivity contribution in [2.75, 3.05) is 5.32 Å². The fraction of sp³-hybridized carbons (Fsp3) is 0. The number of nitrogens with zero attached hydrogens (tertiary/aromatic N) is 1. The highest BCUT2D eigenvalue weighted by Crippen LogP contribution is 2.18. The van der Waals surface area contributed by atoms with Crippen LogP contribution in [0.3, 0.4) is 0 Å². The van der Waals surface area contributed by atoms with E-state index in [4.69, 9.17) is 0 Å². The van der Waals surface area contributed by atoms with Crippen molar-refractivity contribution in [3.63, 3.8) is 0 Å². The number of aromatic nitrogens is 1. The van der Waals surface area contributed by atoms with Gasteiger partial charge in [0.15, 0.2) is 11.6 Å². The Morgan fingerprint density at radius 2 is 2.00 bits per heavy atom. The SMILES string of the molecule is O=C(Nc1ccc(F)c(F)c1)c1ccncc1O. The molecule has 0 radical (unpaired) electrons. The minimum Gasteiger partial charge on any atom is -0.505 e. The molecule has 0 aliphatic heterocycles. The van der Waals surface area contributed by atoms with Gasteiger partial charge in [-0.05, 0) is 18.2 Å². The smallest absolute Gasteiger partial charge is 0.259 e. The molecule has 1 heterocycles. The molecule has 0 saturated carbocycles. The predicted octanol–water partition coefficient (Wildman–Crippen LogP) is 2.32. The molecule has 1 aromatic carbocycles. The first kappa shape index (κ1) is 12.0. The van der Waals surface area contributed by atoms with E-state index in [9.17, 15) is 18.7 Å². The van der Waals surface area contributed by atoms with Gasteiger partial charge in [0.1, 0.15) is 5.75 Å². The Bertz CT molecular complexity index is 602. The van der Waals surface area contributed by atoms with E-state index in [1.54, 1.807) is 0 Å². The maximum absolute atomic E-state index is 12.9. The van der Waals surface area contributed by atoms with Gasteiger partial charge in [0.05, 0.1) is 11.8 Å². The molecule has 0 bridgehead atoms. The van der Waals surface area contributed by atoms with Crippen molar-refractivity contribution in [2.45, 2.75) is 0 Å². The van der Waals surface area contributed by atoms with Gasteiger partial charge in [-0.2, -0.15) is 0 Å². The first-order chi connectivity index (χ1) is 8.58. The lowest BCUT2D eigenvalue weighted by atomic mass is 10.2. The van der Waals surface area contributed by atoms with E-state index in [2.05, 4.69) is 10.3 Å². The molecule has 0 atom stereocenters. The molecule has 0 saturated heterocycles. The standard InChI is InChI=1S/C12H8F2N2O2/c13-9-2-1-7(5-10(9)14)16-12(18)8-3-4-15-6-11(8)17/h1-6,17H,(H,16,18). The number of hydrogen-bond donors (Lipinski definition) is 2. The van der Waals surface area contributed by atoms with E-state index in [1.807, 2.05) is 0 Å². The zero-order chi connectivity index (χ0) is 13.1. The number of aromatic hydroxyl groups is 1. The van der Waals surface area contributed by atoms with Gasteiger partial charge in [-0.25, -0.2) is 8.78 Å². The van der Waals surface area contributed by atoms with Gasteiger partial charge >= 0.3 is 0 Å². The summed E-state index contributed by atoms with van der Waals surface area (Å²) >= 11 is 0. The molecule has 0 aliphatic rings. The summed E-state index contributed by atoms with van der Waals surface area (Å²) in [5.41, 5.74) is 0.0878. The Balaban J connectivity index is 2.22. The van der Waals surface area contributed by atoms with Crippen molar-refractivity contribution in [3.05, 3.63) is 53.9 Å². The maximum Gasteiger partial charge on any atom is 0.259 e. The molecule has 18 heavy (non-hydrogen) atoms. The molecule has 92 valence electrons. The molecule has 1 aromatic heterocycles. The molecular formula is C12H8F2N2O2. The summed E-state index contributed by atoms with van der Waals surface area (Å²) in [4.78, 5) is 15.3. The van der Waals surface area contributed by atoms with Gasteiger partial charge < -0.3 is 10.4 Å². The van der Waals surface area contributed by atoms with Crippen LogP contribution in [0.1, 0.15) is 10.4 Å². The first-order valence-corrected chi connectivity index (χ1v) is 4.97. The Hall–Kier alpha value is -2.50. The largest absolute Gasteiger partial charge is 0.505 e. The van der Waals surface area contributed by atoms with E-state index in [-0.39, 0.29) is 17.0 Å². The van der Waals surface area contributed by atoms with Gasteiger partial charge in [0.25, 0.3) is 5.91 Å². The van der Waals surface area contributed by atoms with Crippen LogP contribution in [0.15, 0.2) is 36.7 Å². The summed E-state index contributed by atoms with van der Waals surface area (Å²) in [6.07, 6.45) is 2.44. The highest BCUT2D eigenvalue weighted by Gasteiger charge is 2.11. The molecular weight excluding hydrogens is 242 g/mol. The number of carbonyl (C=O) groups excluding carboxylic acids is 1. The van der Waals surface area contributed by atoms with Crippen molar-refractivity contribution in [3.8, 4) is 5.75 Å². The van der Waals surface area contributed by atoms with E-state index in [1.165, 1.54) is 18.3 Å². The highest BCUT2D eigenvalue weighted by atomic mass is 19.2. The number of amides is 1. The number of rotatable bonds is 2. The second kappa shape index (κ2) is 4.79. The number of anilines is 1. The van der Waals surface area contributed by atoms with E-state index >= 15 is 0 Å². The van der Waals surface area contributed by atoms with Crippen LogP contribution in [0.2, 0.25) is 0 Å². The molecule has 6 heteroatoms. The lowest BCUT2D eigenvalue weighted by Gasteiger charge is -2.06. The predicted molar refractivity (Wildman–Crippen MR) is 60.2 cm³/mol. The quantitative estimate of drug-likeness (QED) is 0.859. The van der Waals surface area contributed by atoms with Crippen LogP contribution in [-0.2, 0) is 0 Å². The number of nitrogens with one attached hydrogen (secondary N) is 1. The maximum atomic E-state index is 12.9. The zero-order valence-electron chi connectivity index (χ0n) is 9.02. The van der Waals surface area contributed by atoms with Gasteiger partial charge in [-0.3, -0.25) is 9.78 Å². The van der Waals surface area contributed by atoms with Crippen LogP contribution in [0.25, 0.3) is 0 Å². The van der Waals surface area contributed by atoms with E-state index in [0.29, 0.717) is 0 Å². The van der Waals surface area contributed by atoms with Crippen LogP contribution in [0.5, 0.6) is 5.75 Å². The third kappa shape index (κ3) is 2.42. The molecule has 1 amide bonds. The van der Waals surface area contributed by atoms with Crippen LogP contribution in [-0.4, -0.2) is 16.0 Å². The molecule has 0 spiro atoms. The fourth-order valence-electron chi connectivity index (χ4n) is 1.35. The Labute approximate surface area is 101 Å². The fourth-order valence-corrected chi connectivity index (χ4v) is 1.35. The van der Waals surface area contributed by atoms with Crippen molar-refractivity contribution in [1.82, 2.24) is 4.98 Å². The monoisotopic (exact) mass is 250 g/mol. The third-order valence-corrected chi connectivity index (χ3v) is 2.22. The topological polar surface area (TPSA) is 62.2 Å². The minimum absolute atomic E-state index is 0.00488. The Kier molecular flexibility index (Phi) is 3.18. The summed E-state index contributed by atoms with van der Waals surface area (Å²) in [6, 6.07) is 4.28. The Morgan fingerprint density at radius 3 is 2.67 bits per heavy atom. The summed E-state index contributed by atoms with van der Waals surface area (Å²) in [7, 11) is 0. The normalized spacial score (nSPS) is 10.1.